The molecule has 196 valence electrons. The van der Waals surface area contributed by atoms with E-state index in [0.29, 0.717) is 48.5 Å². The Morgan fingerprint density at radius 1 is 0.947 bits per heavy atom. The van der Waals surface area contributed by atoms with E-state index in [1.807, 2.05) is 72.8 Å². The maximum atomic E-state index is 12.5. The summed E-state index contributed by atoms with van der Waals surface area (Å²) in [5, 5.41) is 0.882. The standard InChI is InChI=1S/C30H30N2O5S/c31-28-14-13-24(19-27(28)29(38(34)35)26-12-6-10-22-9-4-5-11-25(22)26)37-23-15-17-32(18-16-23)30(33)36-20-21-7-2-1-3-8-21/h1-14,19,23,29H,15-18,20,31H2,(H,34,35)/p-1. The molecule has 0 spiro atoms. The number of anilines is 1. The van der Waals surface area contributed by atoms with Crippen molar-refractivity contribution < 1.29 is 23.0 Å². The summed E-state index contributed by atoms with van der Waals surface area (Å²) in [6.07, 6.45) is 0.831. The van der Waals surface area contributed by atoms with Gasteiger partial charge in [0, 0.05) is 31.6 Å². The molecular formula is C30H29N2O5S-. The maximum absolute atomic E-state index is 12.5. The van der Waals surface area contributed by atoms with Gasteiger partial charge in [-0.1, -0.05) is 72.8 Å². The van der Waals surface area contributed by atoms with Crippen molar-refractivity contribution >= 4 is 33.6 Å². The molecule has 8 heteroatoms. The Hall–Kier alpha value is -3.88. The van der Waals surface area contributed by atoms with E-state index in [1.165, 1.54) is 0 Å². The highest BCUT2D eigenvalue weighted by Crippen LogP contribution is 2.37. The highest BCUT2D eigenvalue weighted by Gasteiger charge is 2.26. The number of likely N-dealkylation sites (tertiary alicyclic amines) is 1. The Morgan fingerprint density at radius 2 is 1.66 bits per heavy atom. The molecule has 0 aliphatic carbocycles. The van der Waals surface area contributed by atoms with E-state index in [-0.39, 0.29) is 18.8 Å². The Morgan fingerprint density at radius 3 is 2.42 bits per heavy atom. The fraction of sp³-hybridized carbons (Fsp3) is 0.233. The number of carbonyl (C=O) groups is 1. The minimum absolute atomic E-state index is 0.113. The van der Waals surface area contributed by atoms with Gasteiger partial charge in [-0.25, -0.2) is 4.79 Å². The number of piperidine rings is 1. The van der Waals surface area contributed by atoms with Gasteiger partial charge in [0.05, 0.1) is 5.25 Å². The zero-order chi connectivity index (χ0) is 26.5. The summed E-state index contributed by atoms with van der Waals surface area (Å²) in [4.78, 5) is 14.2. The number of ether oxygens (including phenoxy) is 2. The van der Waals surface area contributed by atoms with Crippen molar-refractivity contribution in [3.05, 3.63) is 108 Å². The van der Waals surface area contributed by atoms with Crippen molar-refractivity contribution in [2.75, 3.05) is 18.8 Å². The van der Waals surface area contributed by atoms with Crippen molar-refractivity contribution in [2.45, 2.75) is 30.8 Å². The van der Waals surface area contributed by atoms with Crippen LogP contribution in [0.5, 0.6) is 5.75 Å². The van der Waals surface area contributed by atoms with Crippen LogP contribution in [0.25, 0.3) is 10.8 Å². The summed E-state index contributed by atoms with van der Waals surface area (Å²) in [6, 6.07) is 28.1. The Labute approximate surface area is 224 Å². The number of nitrogens with two attached hydrogens (primary N) is 1. The average Bonchev–Trinajstić information content (AvgIpc) is 2.94. The molecule has 1 heterocycles. The van der Waals surface area contributed by atoms with E-state index in [1.54, 1.807) is 23.1 Å². The summed E-state index contributed by atoms with van der Waals surface area (Å²) in [5.41, 5.74) is 8.76. The summed E-state index contributed by atoms with van der Waals surface area (Å²) in [6.45, 7) is 1.27. The summed E-state index contributed by atoms with van der Waals surface area (Å²) in [7, 11) is 0. The van der Waals surface area contributed by atoms with E-state index < -0.39 is 16.3 Å². The predicted octanol–water partition coefficient (Wildman–Crippen LogP) is 5.57. The molecule has 2 unspecified atom stereocenters. The molecular weight excluding hydrogens is 500 g/mol. The van der Waals surface area contributed by atoms with Gasteiger partial charge in [0.15, 0.2) is 0 Å². The van der Waals surface area contributed by atoms with Crippen molar-refractivity contribution in [3.8, 4) is 5.75 Å². The molecule has 2 N–H and O–H groups in total. The first-order valence-electron chi connectivity index (χ1n) is 12.6. The molecule has 7 nitrogen and oxygen atoms in total. The predicted molar refractivity (Wildman–Crippen MR) is 147 cm³/mol. The largest absolute Gasteiger partial charge is 0.772 e. The second-order valence-electron chi connectivity index (χ2n) is 9.34. The van der Waals surface area contributed by atoms with Gasteiger partial charge in [0.2, 0.25) is 0 Å². The van der Waals surface area contributed by atoms with Gasteiger partial charge in [-0.05, 0) is 56.7 Å². The van der Waals surface area contributed by atoms with E-state index in [2.05, 4.69) is 0 Å². The van der Waals surface area contributed by atoms with Crippen molar-refractivity contribution in [2.24, 2.45) is 0 Å². The topological polar surface area (TPSA) is 105 Å². The van der Waals surface area contributed by atoms with Crippen LogP contribution in [0.15, 0.2) is 91.0 Å². The number of hydrogen-bond donors (Lipinski definition) is 1. The summed E-state index contributed by atoms with van der Waals surface area (Å²) < 4.78 is 36.7. The third kappa shape index (κ3) is 5.82. The molecule has 4 aromatic rings. The molecule has 1 fully saturated rings. The van der Waals surface area contributed by atoms with E-state index in [9.17, 15) is 13.6 Å². The monoisotopic (exact) mass is 529 g/mol. The molecule has 5 rings (SSSR count). The lowest BCUT2D eigenvalue weighted by Crippen LogP contribution is -2.42. The smallest absolute Gasteiger partial charge is 0.410 e. The number of hydrogen-bond acceptors (Lipinski definition) is 6. The van der Waals surface area contributed by atoms with Crippen molar-refractivity contribution in [3.63, 3.8) is 0 Å². The van der Waals surface area contributed by atoms with Crippen LogP contribution in [0.3, 0.4) is 0 Å². The molecule has 1 amide bonds. The number of amides is 1. The van der Waals surface area contributed by atoms with Crippen LogP contribution in [-0.4, -0.2) is 38.9 Å². The fourth-order valence-electron chi connectivity index (χ4n) is 4.87. The first-order valence-corrected chi connectivity index (χ1v) is 13.7. The third-order valence-corrected chi connectivity index (χ3v) is 7.74. The van der Waals surface area contributed by atoms with E-state index in [0.717, 1.165) is 16.3 Å². The van der Waals surface area contributed by atoms with Gasteiger partial charge in [-0.15, -0.1) is 0 Å². The first kappa shape index (κ1) is 25.8. The lowest BCUT2D eigenvalue weighted by Gasteiger charge is -2.32. The summed E-state index contributed by atoms with van der Waals surface area (Å²) in [5.74, 6) is 0.551. The molecule has 1 saturated heterocycles. The van der Waals surface area contributed by atoms with Crippen molar-refractivity contribution in [1.29, 1.82) is 0 Å². The van der Waals surface area contributed by atoms with Crippen LogP contribution in [0.1, 0.15) is 34.8 Å². The molecule has 38 heavy (non-hydrogen) atoms. The van der Waals surface area contributed by atoms with Gasteiger partial charge < -0.3 is 24.7 Å². The molecule has 0 aromatic heterocycles. The minimum atomic E-state index is -2.46. The Balaban J connectivity index is 1.26. The summed E-state index contributed by atoms with van der Waals surface area (Å²) >= 11 is -2.46. The lowest BCUT2D eigenvalue weighted by atomic mass is 9.97. The van der Waals surface area contributed by atoms with Crippen LogP contribution >= 0.6 is 0 Å². The number of benzene rings is 4. The molecule has 1 aliphatic heterocycles. The zero-order valence-corrected chi connectivity index (χ0v) is 21.6. The fourth-order valence-corrected chi connectivity index (χ4v) is 5.69. The van der Waals surface area contributed by atoms with Crippen LogP contribution < -0.4 is 10.5 Å². The zero-order valence-electron chi connectivity index (χ0n) is 20.8. The number of carbonyl (C=O) groups excluding carboxylic acids is 1. The number of nitrogens with zero attached hydrogens (tertiary/aromatic N) is 1. The van der Waals surface area contributed by atoms with Crippen LogP contribution in [0.2, 0.25) is 0 Å². The van der Waals surface area contributed by atoms with Gasteiger partial charge >= 0.3 is 6.09 Å². The molecule has 2 atom stereocenters. The normalized spacial score (nSPS) is 15.7. The van der Waals surface area contributed by atoms with Crippen LogP contribution in [0.4, 0.5) is 10.5 Å². The minimum Gasteiger partial charge on any atom is -0.772 e. The number of fused-ring (bicyclic) bond motifs is 1. The van der Waals surface area contributed by atoms with Crippen LogP contribution in [0, 0.1) is 0 Å². The third-order valence-electron chi connectivity index (χ3n) is 6.85. The molecule has 0 saturated carbocycles. The highest BCUT2D eigenvalue weighted by molar-refractivity contribution is 7.79. The average molecular weight is 530 g/mol. The number of nitrogen functional groups attached to an aromatic ring is 1. The highest BCUT2D eigenvalue weighted by atomic mass is 32.2. The molecule has 0 radical (unpaired) electrons. The molecule has 0 bridgehead atoms. The van der Waals surface area contributed by atoms with E-state index >= 15 is 0 Å². The van der Waals surface area contributed by atoms with Gasteiger partial charge in [-0.3, -0.25) is 4.21 Å². The Bertz CT molecular complexity index is 1430. The maximum Gasteiger partial charge on any atom is 0.410 e. The quantitative estimate of drug-likeness (QED) is 0.248. The second kappa shape index (κ2) is 11.7. The van der Waals surface area contributed by atoms with Crippen molar-refractivity contribution in [1.82, 2.24) is 4.90 Å². The lowest BCUT2D eigenvalue weighted by molar-refractivity contribution is 0.0638. The Kier molecular flexibility index (Phi) is 7.91. The second-order valence-corrected chi connectivity index (χ2v) is 10.3. The van der Waals surface area contributed by atoms with Gasteiger partial charge in [0.1, 0.15) is 18.5 Å². The number of rotatable bonds is 7. The SMILES string of the molecule is Nc1ccc(OC2CCN(C(=O)OCc3ccccc3)CC2)cc1C(c1cccc2ccccc12)S(=O)[O-]. The van der Waals surface area contributed by atoms with Gasteiger partial charge in [0.25, 0.3) is 0 Å². The molecule has 1 aliphatic rings. The van der Waals surface area contributed by atoms with Crippen LogP contribution in [-0.2, 0) is 22.4 Å². The van der Waals surface area contributed by atoms with Gasteiger partial charge in [-0.2, -0.15) is 0 Å². The van der Waals surface area contributed by atoms with E-state index in [4.69, 9.17) is 15.2 Å². The first-order chi connectivity index (χ1) is 18.5. The molecule has 4 aromatic carbocycles.